The molecule has 0 aliphatic rings. The number of aromatic hydroxyl groups is 1. The van der Waals surface area contributed by atoms with Crippen LogP contribution in [0.5, 0.6) is 11.5 Å². The predicted octanol–water partition coefficient (Wildman–Crippen LogP) is 3.60. The molecule has 0 bridgehead atoms. The van der Waals surface area contributed by atoms with E-state index in [1.807, 2.05) is 6.92 Å². The smallest absolute Gasteiger partial charge is 0.271 e. The number of hydrazone groups is 1. The number of nitrogens with zero attached hydrogens (tertiary/aromatic N) is 1. The molecule has 0 saturated heterocycles. The fraction of sp³-hybridized carbons (Fsp3) is 0.176. The summed E-state index contributed by atoms with van der Waals surface area (Å²) in [5, 5.41) is 13.9. The van der Waals surface area contributed by atoms with E-state index < -0.39 is 0 Å². The number of hydrogen-bond acceptors (Lipinski definition) is 4. The summed E-state index contributed by atoms with van der Waals surface area (Å²) >= 11 is 5.83. The monoisotopic (exact) mass is 332 g/mol. The van der Waals surface area contributed by atoms with Crippen molar-refractivity contribution in [3.8, 4) is 11.5 Å². The third-order valence-electron chi connectivity index (χ3n) is 2.95. The number of carbonyl (C=O) groups is 1. The van der Waals surface area contributed by atoms with Gasteiger partial charge in [-0.05, 0) is 48.9 Å². The van der Waals surface area contributed by atoms with Gasteiger partial charge in [0.2, 0.25) is 0 Å². The molecular weight excluding hydrogens is 316 g/mol. The first-order valence-electron chi connectivity index (χ1n) is 7.15. The number of ether oxygens (including phenoxy) is 1. The summed E-state index contributed by atoms with van der Waals surface area (Å²) in [6.07, 6.45) is 2.26. The van der Waals surface area contributed by atoms with Crippen LogP contribution in [-0.4, -0.2) is 23.8 Å². The van der Waals surface area contributed by atoms with Gasteiger partial charge in [-0.2, -0.15) is 5.10 Å². The SMILES string of the molecule is CCCOc1ccc(C(=O)N/N=C/c2cc(Cl)ccc2O)cc1. The predicted molar refractivity (Wildman–Crippen MR) is 90.4 cm³/mol. The molecule has 0 aliphatic heterocycles. The van der Waals surface area contributed by atoms with Crippen LogP contribution < -0.4 is 10.2 Å². The molecule has 120 valence electrons. The fourth-order valence-electron chi connectivity index (χ4n) is 1.78. The van der Waals surface area contributed by atoms with E-state index in [1.165, 1.54) is 12.3 Å². The van der Waals surface area contributed by atoms with Crippen LogP contribution >= 0.6 is 11.6 Å². The Labute approximate surface area is 139 Å². The zero-order valence-corrected chi connectivity index (χ0v) is 13.4. The van der Waals surface area contributed by atoms with Crippen molar-refractivity contribution in [2.24, 2.45) is 5.10 Å². The van der Waals surface area contributed by atoms with Crippen LogP contribution in [0.2, 0.25) is 5.02 Å². The molecule has 0 saturated carbocycles. The summed E-state index contributed by atoms with van der Waals surface area (Å²) in [4.78, 5) is 12.0. The quantitative estimate of drug-likeness (QED) is 0.627. The lowest BCUT2D eigenvalue weighted by molar-refractivity contribution is 0.0955. The maximum Gasteiger partial charge on any atom is 0.271 e. The highest BCUT2D eigenvalue weighted by atomic mass is 35.5. The van der Waals surface area contributed by atoms with Crippen LogP contribution in [0.3, 0.4) is 0 Å². The second-order valence-electron chi connectivity index (χ2n) is 4.78. The number of phenolic OH excluding ortho intramolecular Hbond substituents is 1. The van der Waals surface area contributed by atoms with Crippen LogP contribution in [0.1, 0.15) is 29.3 Å². The Balaban J connectivity index is 1.96. The van der Waals surface area contributed by atoms with Crippen LogP contribution in [-0.2, 0) is 0 Å². The molecule has 0 spiro atoms. The maximum atomic E-state index is 12.0. The van der Waals surface area contributed by atoms with E-state index in [-0.39, 0.29) is 11.7 Å². The van der Waals surface area contributed by atoms with Gasteiger partial charge in [0.25, 0.3) is 5.91 Å². The third-order valence-corrected chi connectivity index (χ3v) is 3.18. The molecule has 2 aromatic carbocycles. The van der Waals surface area contributed by atoms with E-state index >= 15 is 0 Å². The molecule has 1 amide bonds. The average Bonchev–Trinajstić information content (AvgIpc) is 2.56. The van der Waals surface area contributed by atoms with Gasteiger partial charge in [0.15, 0.2) is 0 Å². The molecule has 2 N–H and O–H groups in total. The lowest BCUT2D eigenvalue weighted by Gasteiger charge is -2.05. The van der Waals surface area contributed by atoms with Crippen LogP contribution in [0.25, 0.3) is 0 Å². The van der Waals surface area contributed by atoms with E-state index in [4.69, 9.17) is 16.3 Å². The number of rotatable bonds is 6. The fourth-order valence-corrected chi connectivity index (χ4v) is 1.96. The van der Waals surface area contributed by atoms with Gasteiger partial charge < -0.3 is 9.84 Å². The van der Waals surface area contributed by atoms with E-state index in [9.17, 15) is 9.90 Å². The number of hydrogen-bond donors (Lipinski definition) is 2. The molecule has 5 nitrogen and oxygen atoms in total. The van der Waals surface area contributed by atoms with Crippen LogP contribution in [0.15, 0.2) is 47.6 Å². The Hall–Kier alpha value is -2.53. The molecule has 6 heteroatoms. The molecule has 2 rings (SSSR count). The van der Waals surface area contributed by atoms with Crippen LogP contribution in [0.4, 0.5) is 0 Å². The largest absolute Gasteiger partial charge is 0.507 e. The zero-order chi connectivity index (χ0) is 16.7. The van der Waals surface area contributed by atoms with Crippen LogP contribution in [0, 0.1) is 0 Å². The number of benzene rings is 2. The van der Waals surface area contributed by atoms with Crippen molar-refractivity contribution in [2.75, 3.05) is 6.61 Å². The lowest BCUT2D eigenvalue weighted by atomic mass is 10.2. The number of nitrogens with one attached hydrogen (secondary N) is 1. The molecule has 0 fully saturated rings. The molecular formula is C17H17ClN2O3. The molecule has 0 heterocycles. The van der Waals surface area contributed by atoms with Crippen molar-refractivity contribution < 1.29 is 14.6 Å². The van der Waals surface area contributed by atoms with Gasteiger partial charge >= 0.3 is 0 Å². The minimum Gasteiger partial charge on any atom is -0.507 e. The summed E-state index contributed by atoms with van der Waals surface area (Å²) in [5.41, 5.74) is 3.27. The molecule has 0 radical (unpaired) electrons. The van der Waals surface area contributed by atoms with Gasteiger partial charge in [0.05, 0.1) is 12.8 Å². The summed E-state index contributed by atoms with van der Waals surface area (Å²) in [7, 11) is 0. The topological polar surface area (TPSA) is 70.9 Å². The second kappa shape index (κ2) is 8.19. The summed E-state index contributed by atoms with van der Waals surface area (Å²) in [6.45, 7) is 2.66. The van der Waals surface area contributed by atoms with E-state index in [0.717, 1.165) is 12.2 Å². The average molecular weight is 333 g/mol. The van der Waals surface area contributed by atoms with E-state index in [2.05, 4.69) is 10.5 Å². The highest BCUT2D eigenvalue weighted by Crippen LogP contribution is 2.19. The Bertz CT molecular complexity index is 699. The van der Waals surface area contributed by atoms with E-state index in [0.29, 0.717) is 22.8 Å². The van der Waals surface area contributed by atoms with Gasteiger partial charge in [-0.25, -0.2) is 5.43 Å². The van der Waals surface area contributed by atoms with Gasteiger partial charge in [0.1, 0.15) is 11.5 Å². The Kier molecular flexibility index (Phi) is 6.00. The molecule has 2 aromatic rings. The Morgan fingerprint density at radius 2 is 2.04 bits per heavy atom. The molecule has 0 aromatic heterocycles. The zero-order valence-electron chi connectivity index (χ0n) is 12.6. The molecule has 0 atom stereocenters. The molecule has 0 aliphatic carbocycles. The van der Waals surface area contributed by atoms with Gasteiger partial charge in [-0.15, -0.1) is 0 Å². The Morgan fingerprint density at radius 1 is 1.30 bits per heavy atom. The maximum absolute atomic E-state index is 12.0. The normalized spacial score (nSPS) is 10.7. The van der Waals surface area contributed by atoms with Crippen molar-refractivity contribution >= 4 is 23.7 Å². The number of carbonyl (C=O) groups excluding carboxylic acids is 1. The third kappa shape index (κ3) is 5.00. The van der Waals surface area contributed by atoms with Gasteiger partial charge in [0, 0.05) is 16.1 Å². The Morgan fingerprint density at radius 3 is 2.74 bits per heavy atom. The standard InChI is InChI=1S/C17H17ClN2O3/c1-2-9-23-15-6-3-12(4-7-15)17(22)20-19-11-13-10-14(18)5-8-16(13)21/h3-8,10-11,21H,2,9H2,1H3,(H,20,22)/b19-11+. The minimum atomic E-state index is -0.357. The summed E-state index contributed by atoms with van der Waals surface area (Å²) in [5.74, 6) is 0.394. The number of amides is 1. The molecule has 23 heavy (non-hydrogen) atoms. The first-order valence-corrected chi connectivity index (χ1v) is 7.52. The summed E-state index contributed by atoms with van der Waals surface area (Å²) in [6, 6.07) is 11.4. The minimum absolute atomic E-state index is 0.0322. The summed E-state index contributed by atoms with van der Waals surface area (Å²) < 4.78 is 5.45. The van der Waals surface area contributed by atoms with Crippen molar-refractivity contribution in [1.82, 2.24) is 5.43 Å². The first-order chi connectivity index (χ1) is 11.1. The molecule has 0 unspecified atom stereocenters. The lowest BCUT2D eigenvalue weighted by Crippen LogP contribution is -2.17. The first kappa shape index (κ1) is 16.8. The van der Waals surface area contributed by atoms with Crippen molar-refractivity contribution in [3.05, 3.63) is 58.6 Å². The van der Waals surface area contributed by atoms with Crippen molar-refractivity contribution in [3.63, 3.8) is 0 Å². The second-order valence-corrected chi connectivity index (χ2v) is 5.21. The van der Waals surface area contributed by atoms with Crippen molar-refractivity contribution in [2.45, 2.75) is 13.3 Å². The highest BCUT2D eigenvalue weighted by molar-refractivity contribution is 6.30. The van der Waals surface area contributed by atoms with Crippen molar-refractivity contribution in [1.29, 1.82) is 0 Å². The van der Waals surface area contributed by atoms with Gasteiger partial charge in [-0.1, -0.05) is 18.5 Å². The van der Waals surface area contributed by atoms with E-state index in [1.54, 1.807) is 36.4 Å². The number of phenols is 1. The number of halogens is 1. The highest BCUT2D eigenvalue weighted by Gasteiger charge is 2.05. The van der Waals surface area contributed by atoms with Gasteiger partial charge in [-0.3, -0.25) is 4.79 Å².